The normalized spacial score (nSPS) is 11.1. The van der Waals surface area contributed by atoms with Crippen LogP contribution < -0.4 is 0 Å². The van der Waals surface area contributed by atoms with Gasteiger partial charge in [0.15, 0.2) is 0 Å². The standard InChI is InChI=1S/C78H122N12O18/c1-50(2)64-58(44-103-73(97)89(24)36-30-83(18)71(95)65-60(46-105-75(99)85(20)32-26-79(14)67(91)51(3)4)40-56(12)41-61(65)47-106-76(100)86(21)33-27-80(15)68(92)52(5)6)38-55(11)39-59(64)45-104-74(98)90(25)37-31-84(19)72(96)66-62(48-107-77(101)87(22)34-28-81(16)69(93)53(7)8)42-57(13)43-63(66)49-108-78(102)88(23)35-29-82(17)70(94)54(9)10/h38-43,50-54H,26-37,44-49H2,1-25H3. The molecule has 0 aromatic heterocycles. The van der Waals surface area contributed by atoms with Gasteiger partial charge in [0.1, 0.15) is 39.6 Å². The van der Waals surface area contributed by atoms with Gasteiger partial charge in [-0.05, 0) is 43.4 Å². The van der Waals surface area contributed by atoms with E-state index in [4.69, 9.17) is 28.4 Å². The van der Waals surface area contributed by atoms with Gasteiger partial charge >= 0.3 is 36.6 Å². The summed E-state index contributed by atoms with van der Waals surface area (Å²) in [5, 5.41) is 0. The molecule has 0 saturated heterocycles. The summed E-state index contributed by atoms with van der Waals surface area (Å²) in [7, 11) is 18.9. The molecule has 0 N–H and O–H groups in total. The van der Waals surface area contributed by atoms with E-state index in [1.54, 1.807) is 136 Å². The minimum absolute atomic E-state index is 0.00241. The summed E-state index contributed by atoms with van der Waals surface area (Å²) in [6, 6.07) is 10.6. The van der Waals surface area contributed by atoms with Crippen molar-refractivity contribution in [2.24, 2.45) is 23.7 Å². The maximum Gasteiger partial charge on any atom is 0.409 e. The van der Waals surface area contributed by atoms with Crippen LogP contribution in [0.4, 0.5) is 28.8 Å². The second kappa shape index (κ2) is 43.8. The number of carbonyl (C=O) groups is 12. The molecule has 0 unspecified atom stereocenters. The number of aryl methyl sites for hydroxylation is 3. The van der Waals surface area contributed by atoms with Crippen LogP contribution in [-0.4, -0.2) is 294 Å². The molecular formula is C78H122N12O18. The van der Waals surface area contributed by atoms with Crippen LogP contribution in [-0.2, 0) is 87.2 Å². The third kappa shape index (κ3) is 28.7. The molecule has 3 rings (SSSR count). The third-order valence-electron chi connectivity index (χ3n) is 18.2. The van der Waals surface area contributed by atoms with E-state index in [1.165, 1.54) is 101 Å². The smallest absolute Gasteiger partial charge is 0.409 e. The third-order valence-corrected chi connectivity index (χ3v) is 18.2. The predicted octanol–water partition coefficient (Wildman–Crippen LogP) is 9.15. The maximum absolute atomic E-state index is 14.7. The Morgan fingerprint density at radius 3 is 0.583 bits per heavy atom. The lowest BCUT2D eigenvalue weighted by Gasteiger charge is -2.26. The molecule has 0 heterocycles. The van der Waals surface area contributed by atoms with E-state index < -0.39 is 48.4 Å². The molecule has 12 amide bonds. The van der Waals surface area contributed by atoms with Crippen molar-refractivity contribution in [1.82, 2.24) is 58.8 Å². The average molecular weight is 1520 g/mol. The summed E-state index contributed by atoms with van der Waals surface area (Å²) in [5.74, 6) is -2.45. The summed E-state index contributed by atoms with van der Waals surface area (Å²) in [6.07, 6.45) is -4.21. The van der Waals surface area contributed by atoms with Crippen molar-refractivity contribution in [3.05, 3.63) is 103 Å². The molecule has 3 aromatic rings. The van der Waals surface area contributed by atoms with E-state index in [2.05, 4.69) is 0 Å². The first-order chi connectivity index (χ1) is 50.4. The number of hydrogen-bond donors (Lipinski definition) is 0. The number of hydrogen-bond acceptors (Lipinski definition) is 18. The molecule has 108 heavy (non-hydrogen) atoms. The van der Waals surface area contributed by atoms with Gasteiger partial charge in [0.2, 0.25) is 23.6 Å². The topological polar surface area (TPSA) is 299 Å². The molecule has 0 aliphatic carbocycles. The van der Waals surface area contributed by atoms with Crippen molar-refractivity contribution >= 4 is 72.0 Å². The summed E-state index contributed by atoms with van der Waals surface area (Å²) < 4.78 is 34.8. The highest BCUT2D eigenvalue weighted by Gasteiger charge is 2.29. The van der Waals surface area contributed by atoms with Gasteiger partial charge < -0.3 is 87.2 Å². The number of ether oxygens (including phenoxy) is 6. The van der Waals surface area contributed by atoms with E-state index in [-0.39, 0.29) is 183 Å². The van der Waals surface area contributed by atoms with Crippen LogP contribution in [0.25, 0.3) is 0 Å². The van der Waals surface area contributed by atoms with Crippen molar-refractivity contribution in [2.75, 3.05) is 163 Å². The number of nitrogens with zero attached hydrogens (tertiary/aromatic N) is 12. The Morgan fingerprint density at radius 2 is 0.407 bits per heavy atom. The van der Waals surface area contributed by atoms with Gasteiger partial charge in [-0.15, -0.1) is 0 Å². The van der Waals surface area contributed by atoms with Crippen LogP contribution in [0.15, 0.2) is 36.4 Å². The summed E-state index contributed by atoms with van der Waals surface area (Å²) in [6.45, 7) is 23.7. The Bertz CT molecular complexity index is 3250. The lowest BCUT2D eigenvalue weighted by molar-refractivity contribution is -0.133. The molecule has 0 bridgehead atoms. The molecule has 3 aromatic carbocycles. The van der Waals surface area contributed by atoms with E-state index in [0.29, 0.717) is 44.5 Å². The van der Waals surface area contributed by atoms with Crippen LogP contribution in [0.3, 0.4) is 0 Å². The second-order valence-corrected chi connectivity index (χ2v) is 29.5. The van der Waals surface area contributed by atoms with Crippen molar-refractivity contribution in [1.29, 1.82) is 0 Å². The maximum atomic E-state index is 14.7. The van der Waals surface area contributed by atoms with Crippen LogP contribution >= 0.6 is 0 Å². The molecule has 0 atom stereocenters. The SMILES string of the molecule is Cc1cc(COC(=O)N(C)CCN(C)C(=O)C(C)C)c(C(=O)N(C)CCN(C)C(=O)OCc2cc(C)cc(COC(=O)N(C)CCN(C)C(=O)c3c(COC(=O)N(C)CCN(C)C(=O)C(C)C)cc(C)cc3COC(=O)N(C)CCN(C)C(=O)C(C)C)c2C(C)C)c(COC(=O)N(C)CCN(C)C(=O)C(C)C)c1. The first-order valence-electron chi connectivity index (χ1n) is 36.6. The quantitative estimate of drug-likeness (QED) is 0.0486. The fourth-order valence-electron chi connectivity index (χ4n) is 11.5. The largest absolute Gasteiger partial charge is 0.445 e. The Morgan fingerprint density at radius 1 is 0.250 bits per heavy atom. The van der Waals surface area contributed by atoms with Crippen LogP contribution in [0.1, 0.15) is 152 Å². The summed E-state index contributed by atoms with van der Waals surface area (Å²) in [5.41, 5.74) is 5.81. The van der Waals surface area contributed by atoms with E-state index in [1.807, 2.05) is 32.9 Å². The molecule has 30 nitrogen and oxygen atoms in total. The Kier molecular flexibility index (Phi) is 37.4. The summed E-state index contributed by atoms with van der Waals surface area (Å²) in [4.78, 5) is 178. The van der Waals surface area contributed by atoms with E-state index >= 15 is 0 Å². The van der Waals surface area contributed by atoms with Crippen molar-refractivity contribution < 1.29 is 86.0 Å². The molecule has 602 valence electrons. The van der Waals surface area contributed by atoms with Crippen LogP contribution in [0.2, 0.25) is 0 Å². The number of carbonyl (C=O) groups excluding carboxylic acids is 12. The first kappa shape index (κ1) is 92.3. The van der Waals surface area contributed by atoms with Crippen LogP contribution in [0.5, 0.6) is 0 Å². The van der Waals surface area contributed by atoms with Gasteiger partial charge in [-0.25, -0.2) is 28.8 Å². The van der Waals surface area contributed by atoms with Gasteiger partial charge in [0.25, 0.3) is 11.8 Å². The minimum Gasteiger partial charge on any atom is -0.445 e. The lowest BCUT2D eigenvalue weighted by Crippen LogP contribution is -2.39. The Hall–Kier alpha value is -9.90. The molecule has 0 aliphatic heterocycles. The minimum atomic E-state index is -0.704. The number of rotatable bonds is 37. The second-order valence-electron chi connectivity index (χ2n) is 29.5. The van der Waals surface area contributed by atoms with Gasteiger partial charge in [0, 0.05) is 209 Å². The highest BCUT2D eigenvalue weighted by molar-refractivity contribution is 5.98. The van der Waals surface area contributed by atoms with Gasteiger partial charge in [-0.2, -0.15) is 0 Å². The molecule has 0 radical (unpaired) electrons. The monoisotopic (exact) mass is 1510 g/mol. The molecule has 0 fully saturated rings. The highest BCUT2D eigenvalue weighted by Crippen LogP contribution is 2.29. The molecule has 0 saturated carbocycles. The Balaban J connectivity index is 1.81. The zero-order valence-electron chi connectivity index (χ0n) is 68.8. The fraction of sp³-hybridized carbons (Fsp3) is 0.615. The molecular weight excluding hydrogens is 1390 g/mol. The Labute approximate surface area is 639 Å². The molecule has 0 spiro atoms. The van der Waals surface area contributed by atoms with Crippen molar-refractivity contribution in [2.45, 2.75) is 136 Å². The zero-order valence-corrected chi connectivity index (χ0v) is 68.8. The van der Waals surface area contributed by atoms with Gasteiger partial charge in [0.05, 0.1) is 11.1 Å². The number of likely N-dealkylation sites (N-methyl/N-ethyl adjacent to an activating group) is 12. The zero-order chi connectivity index (χ0) is 81.9. The van der Waals surface area contributed by atoms with E-state index in [0.717, 1.165) is 11.1 Å². The van der Waals surface area contributed by atoms with Crippen molar-refractivity contribution in [3.8, 4) is 0 Å². The highest BCUT2D eigenvalue weighted by atomic mass is 16.6. The number of amides is 12. The predicted molar refractivity (Wildman–Crippen MR) is 408 cm³/mol. The van der Waals surface area contributed by atoms with Gasteiger partial charge in [-0.3, -0.25) is 28.8 Å². The van der Waals surface area contributed by atoms with Crippen LogP contribution in [0, 0.1) is 44.4 Å². The van der Waals surface area contributed by atoms with E-state index in [9.17, 15) is 57.5 Å². The fourth-order valence-corrected chi connectivity index (χ4v) is 11.5. The number of benzene rings is 3. The van der Waals surface area contributed by atoms with Gasteiger partial charge in [-0.1, -0.05) is 122 Å². The summed E-state index contributed by atoms with van der Waals surface area (Å²) >= 11 is 0. The lowest BCUT2D eigenvalue weighted by atomic mass is 9.91. The molecule has 30 heteroatoms. The molecule has 0 aliphatic rings. The average Bonchev–Trinajstić information content (AvgIpc) is 0.810. The first-order valence-corrected chi connectivity index (χ1v) is 36.6. The van der Waals surface area contributed by atoms with Crippen molar-refractivity contribution in [3.63, 3.8) is 0 Å².